The van der Waals surface area contributed by atoms with Crippen molar-refractivity contribution in [1.29, 1.82) is 0 Å². The van der Waals surface area contributed by atoms with Crippen LogP contribution in [0.25, 0.3) is 0 Å². The molecule has 5 heteroatoms. The van der Waals surface area contributed by atoms with Crippen LogP contribution in [0.15, 0.2) is 0 Å². The number of ether oxygens (including phenoxy) is 1. The van der Waals surface area contributed by atoms with Crippen LogP contribution in [0.4, 0.5) is 0 Å². The van der Waals surface area contributed by atoms with Gasteiger partial charge in [0.25, 0.3) is 0 Å². The molecule has 2 rings (SSSR count). The predicted octanol–water partition coefficient (Wildman–Crippen LogP) is 1.23. The van der Waals surface area contributed by atoms with Crippen molar-refractivity contribution < 1.29 is 13.2 Å². The summed E-state index contributed by atoms with van der Waals surface area (Å²) >= 11 is 0. The quantitative estimate of drug-likeness (QED) is 0.753. The average Bonchev–Trinajstić information content (AvgIpc) is 2.92. The van der Waals surface area contributed by atoms with E-state index < -0.39 is 10.0 Å². The van der Waals surface area contributed by atoms with Crippen molar-refractivity contribution in [3.8, 4) is 0 Å². The fraction of sp³-hybridized carbons (Fsp3) is 1.00. The maximum Gasteiger partial charge on any atom is 0.214 e. The Morgan fingerprint density at radius 1 is 1.38 bits per heavy atom. The second-order valence-corrected chi connectivity index (χ2v) is 7.43. The van der Waals surface area contributed by atoms with E-state index in [9.17, 15) is 8.42 Å². The summed E-state index contributed by atoms with van der Waals surface area (Å²) in [5, 5.41) is 0. The van der Waals surface area contributed by atoms with Gasteiger partial charge >= 0.3 is 0 Å². The molecule has 0 aromatic rings. The van der Waals surface area contributed by atoms with Crippen molar-refractivity contribution in [3.05, 3.63) is 0 Å². The Balaban J connectivity index is 2.12. The summed E-state index contributed by atoms with van der Waals surface area (Å²) in [6.45, 7) is 6.84. The van der Waals surface area contributed by atoms with Gasteiger partial charge in [0.2, 0.25) is 10.0 Å². The molecule has 1 heterocycles. The topological polar surface area (TPSA) is 46.6 Å². The summed E-state index contributed by atoms with van der Waals surface area (Å²) in [6, 6.07) is -0.0787. The highest BCUT2D eigenvalue weighted by molar-refractivity contribution is 7.89. The van der Waals surface area contributed by atoms with Crippen LogP contribution in [-0.4, -0.2) is 43.3 Å². The van der Waals surface area contributed by atoms with Crippen LogP contribution in [0.2, 0.25) is 0 Å². The lowest BCUT2D eigenvalue weighted by Crippen LogP contribution is -2.57. The molecule has 1 atom stereocenters. The fourth-order valence-corrected chi connectivity index (χ4v) is 4.33. The highest BCUT2D eigenvalue weighted by Gasteiger charge is 2.42. The molecule has 1 aliphatic heterocycles. The molecule has 0 N–H and O–H groups in total. The van der Waals surface area contributed by atoms with E-state index in [2.05, 4.69) is 0 Å². The minimum atomic E-state index is -3.09. The van der Waals surface area contributed by atoms with Gasteiger partial charge in [-0.15, -0.1) is 0 Å². The van der Waals surface area contributed by atoms with Gasteiger partial charge in [0.15, 0.2) is 0 Å². The minimum absolute atomic E-state index is 0.0787. The molecule has 0 amide bonds. The zero-order valence-electron chi connectivity index (χ0n) is 10.3. The molecular formula is C11H21NO3S. The van der Waals surface area contributed by atoms with Crippen molar-refractivity contribution in [3.63, 3.8) is 0 Å². The number of hydrogen-bond donors (Lipinski definition) is 0. The second kappa shape index (κ2) is 3.96. The Bertz CT molecular complexity index is 359. The highest BCUT2D eigenvalue weighted by atomic mass is 32.2. The van der Waals surface area contributed by atoms with E-state index in [-0.39, 0.29) is 11.6 Å². The molecule has 94 valence electrons. The van der Waals surface area contributed by atoms with Crippen LogP contribution in [-0.2, 0) is 14.8 Å². The minimum Gasteiger partial charge on any atom is -0.373 e. The van der Waals surface area contributed by atoms with E-state index in [0.29, 0.717) is 24.8 Å². The first-order valence-corrected chi connectivity index (χ1v) is 7.57. The van der Waals surface area contributed by atoms with Crippen LogP contribution in [0.5, 0.6) is 0 Å². The van der Waals surface area contributed by atoms with Crippen LogP contribution >= 0.6 is 0 Å². The summed E-state index contributed by atoms with van der Waals surface area (Å²) in [5.41, 5.74) is -0.380. The Morgan fingerprint density at radius 3 is 2.56 bits per heavy atom. The Hall–Kier alpha value is -0.130. The fourth-order valence-electron chi connectivity index (χ4n) is 2.12. The lowest BCUT2D eigenvalue weighted by atomic mass is 9.99. The molecule has 0 bridgehead atoms. The Morgan fingerprint density at radius 2 is 2.00 bits per heavy atom. The van der Waals surface area contributed by atoms with Crippen LogP contribution in [0, 0.1) is 5.92 Å². The SMILES string of the molecule is CC1N(S(=O)(=O)CC2CC2)CCOC1(C)C. The second-order valence-electron chi connectivity index (χ2n) is 5.46. The lowest BCUT2D eigenvalue weighted by Gasteiger charge is -2.43. The molecule has 2 fully saturated rings. The maximum atomic E-state index is 12.2. The normalized spacial score (nSPS) is 31.6. The van der Waals surface area contributed by atoms with Crippen LogP contribution in [0.1, 0.15) is 33.6 Å². The van der Waals surface area contributed by atoms with E-state index >= 15 is 0 Å². The highest BCUT2D eigenvalue weighted by Crippen LogP contribution is 2.33. The van der Waals surface area contributed by atoms with E-state index in [4.69, 9.17) is 4.74 Å². The van der Waals surface area contributed by atoms with E-state index in [1.807, 2.05) is 20.8 Å². The Labute approximate surface area is 98.0 Å². The molecule has 1 unspecified atom stereocenters. The zero-order chi connectivity index (χ0) is 12.0. The van der Waals surface area contributed by atoms with Gasteiger partial charge in [0.05, 0.1) is 24.0 Å². The van der Waals surface area contributed by atoms with Crippen molar-refractivity contribution in [2.45, 2.75) is 45.3 Å². The van der Waals surface area contributed by atoms with Crippen molar-refractivity contribution in [1.82, 2.24) is 4.31 Å². The molecule has 0 radical (unpaired) electrons. The van der Waals surface area contributed by atoms with Crippen molar-refractivity contribution in [2.24, 2.45) is 5.92 Å². The molecule has 1 saturated carbocycles. The van der Waals surface area contributed by atoms with Gasteiger partial charge in [-0.1, -0.05) is 0 Å². The standard InChI is InChI=1S/C11H21NO3S/c1-9-11(2,3)15-7-6-12(9)16(13,14)8-10-4-5-10/h9-10H,4-8H2,1-3H3. The molecule has 1 aliphatic carbocycles. The van der Waals surface area contributed by atoms with Gasteiger partial charge in [-0.2, -0.15) is 4.31 Å². The molecular weight excluding hydrogens is 226 g/mol. The molecule has 0 aromatic heterocycles. The summed E-state index contributed by atoms with van der Waals surface area (Å²) in [4.78, 5) is 0. The number of hydrogen-bond acceptors (Lipinski definition) is 3. The lowest BCUT2D eigenvalue weighted by molar-refractivity contribution is -0.0962. The molecule has 0 aromatic carbocycles. The molecule has 16 heavy (non-hydrogen) atoms. The molecule has 2 aliphatic rings. The maximum absolute atomic E-state index is 12.2. The number of nitrogens with zero attached hydrogens (tertiary/aromatic N) is 1. The third kappa shape index (κ3) is 2.41. The van der Waals surface area contributed by atoms with Crippen LogP contribution < -0.4 is 0 Å². The van der Waals surface area contributed by atoms with E-state index in [1.54, 1.807) is 4.31 Å². The van der Waals surface area contributed by atoms with Crippen LogP contribution in [0.3, 0.4) is 0 Å². The molecule has 1 saturated heterocycles. The smallest absolute Gasteiger partial charge is 0.214 e. The van der Waals surface area contributed by atoms with Gasteiger partial charge in [-0.3, -0.25) is 0 Å². The summed E-state index contributed by atoms with van der Waals surface area (Å²) in [6.07, 6.45) is 2.14. The van der Waals surface area contributed by atoms with Gasteiger partial charge < -0.3 is 4.74 Å². The molecule has 0 spiro atoms. The summed E-state index contributed by atoms with van der Waals surface area (Å²) in [5.74, 6) is 0.733. The average molecular weight is 247 g/mol. The van der Waals surface area contributed by atoms with Crippen molar-refractivity contribution >= 4 is 10.0 Å². The summed E-state index contributed by atoms with van der Waals surface area (Å²) in [7, 11) is -3.09. The number of sulfonamides is 1. The summed E-state index contributed by atoms with van der Waals surface area (Å²) < 4.78 is 31.7. The zero-order valence-corrected chi connectivity index (χ0v) is 11.1. The van der Waals surface area contributed by atoms with Crippen molar-refractivity contribution in [2.75, 3.05) is 18.9 Å². The first kappa shape index (κ1) is 12.3. The largest absolute Gasteiger partial charge is 0.373 e. The first-order valence-electron chi connectivity index (χ1n) is 5.96. The van der Waals surface area contributed by atoms with E-state index in [0.717, 1.165) is 12.8 Å². The van der Waals surface area contributed by atoms with Gasteiger partial charge in [-0.05, 0) is 39.5 Å². The monoisotopic (exact) mass is 247 g/mol. The van der Waals surface area contributed by atoms with Gasteiger partial charge in [0.1, 0.15) is 0 Å². The Kier molecular flexibility index (Phi) is 3.05. The predicted molar refractivity (Wildman–Crippen MR) is 62.7 cm³/mol. The third-order valence-electron chi connectivity index (χ3n) is 3.72. The van der Waals surface area contributed by atoms with E-state index in [1.165, 1.54) is 0 Å². The third-order valence-corrected chi connectivity index (χ3v) is 5.83. The number of rotatable bonds is 3. The molecule has 4 nitrogen and oxygen atoms in total. The van der Waals surface area contributed by atoms with Gasteiger partial charge in [-0.25, -0.2) is 8.42 Å². The first-order chi connectivity index (χ1) is 7.33. The number of morpholine rings is 1. The van der Waals surface area contributed by atoms with Gasteiger partial charge in [0, 0.05) is 6.54 Å².